The highest BCUT2D eigenvalue weighted by Gasteiger charge is 2.04. The molecule has 7 heteroatoms. The molecule has 3 heterocycles. The Bertz CT molecular complexity index is 770. The number of imidazole rings is 1. The molecule has 7 nitrogen and oxygen atoms in total. The first-order valence-electron chi connectivity index (χ1n) is 6.81. The molecule has 0 aromatic carbocycles. The molecule has 0 aliphatic heterocycles. The number of nitrogens with one attached hydrogen (secondary N) is 1. The molecule has 3 rings (SSSR count). The molecule has 0 spiro atoms. The van der Waals surface area contributed by atoms with E-state index in [1.165, 1.54) is 6.33 Å². The van der Waals surface area contributed by atoms with Crippen molar-refractivity contribution in [1.29, 1.82) is 0 Å². The minimum absolute atomic E-state index is 0.594. The van der Waals surface area contributed by atoms with E-state index in [2.05, 4.69) is 25.3 Å². The first-order chi connectivity index (χ1) is 10.8. The van der Waals surface area contributed by atoms with Crippen molar-refractivity contribution in [1.82, 2.24) is 24.5 Å². The minimum atomic E-state index is 0.594. The fourth-order valence-electron chi connectivity index (χ4n) is 2.06. The molecule has 0 saturated carbocycles. The molecule has 22 heavy (non-hydrogen) atoms. The minimum Gasteiger partial charge on any atom is -0.481 e. The van der Waals surface area contributed by atoms with Crippen LogP contribution in [0.3, 0.4) is 0 Å². The van der Waals surface area contributed by atoms with Gasteiger partial charge in [-0.1, -0.05) is 0 Å². The van der Waals surface area contributed by atoms with Crippen molar-refractivity contribution in [3.8, 4) is 11.7 Å². The quantitative estimate of drug-likeness (QED) is 0.775. The molecule has 0 atom stereocenters. The normalized spacial score (nSPS) is 10.5. The lowest BCUT2D eigenvalue weighted by atomic mass is 10.2. The van der Waals surface area contributed by atoms with Gasteiger partial charge < -0.3 is 10.1 Å². The average molecular weight is 296 g/mol. The summed E-state index contributed by atoms with van der Waals surface area (Å²) in [6, 6.07) is 5.69. The predicted molar refractivity (Wildman–Crippen MR) is 82.0 cm³/mol. The van der Waals surface area contributed by atoms with Gasteiger partial charge in [0, 0.05) is 37.3 Å². The van der Waals surface area contributed by atoms with Crippen molar-refractivity contribution in [3.63, 3.8) is 0 Å². The summed E-state index contributed by atoms with van der Waals surface area (Å²) in [5.41, 5.74) is 1.06. The summed E-state index contributed by atoms with van der Waals surface area (Å²) < 4.78 is 7.02. The maximum absolute atomic E-state index is 5.11. The summed E-state index contributed by atoms with van der Waals surface area (Å²) in [6.07, 6.45) is 6.86. The Balaban J connectivity index is 1.74. The van der Waals surface area contributed by atoms with E-state index < -0.39 is 0 Å². The summed E-state index contributed by atoms with van der Waals surface area (Å²) in [6.45, 7) is 2.55. The molecule has 0 unspecified atom stereocenters. The molecule has 3 aromatic heterocycles. The Morgan fingerprint density at radius 1 is 1.14 bits per heavy atom. The van der Waals surface area contributed by atoms with Gasteiger partial charge in [0.25, 0.3) is 0 Å². The van der Waals surface area contributed by atoms with Crippen LogP contribution in [0.4, 0.5) is 5.82 Å². The zero-order valence-electron chi connectivity index (χ0n) is 12.4. The van der Waals surface area contributed by atoms with Crippen molar-refractivity contribution in [2.45, 2.75) is 13.5 Å². The van der Waals surface area contributed by atoms with Crippen LogP contribution in [0, 0.1) is 6.92 Å². The van der Waals surface area contributed by atoms with E-state index in [4.69, 9.17) is 4.74 Å². The summed E-state index contributed by atoms with van der Waals surface area (Å²) in [4.78, 5) is 16.8. The Kier molecular flexibility index (Phi) is 3.95. The summed E-state index contributed by atoms with van der Waals surface area (Å²) >= 11 is 0. The van der Waals surface area contributed by atoms with Crippen molar-refractivity contribution in [2.24, 2.45) is 0 Å². The maximum Gasteiger partial charge on any atom is 0.213 e. The third-order valence-electron chi connectivity index (χ3n) is 3.21. The first kappa shape index (κ1) is 14.0. The second-order valence-electron chi connectivity index (χ2n) is 4.67. The van der Waals surface area contributed by atoms with Gasteiger partial charge in [-0.25, -0.2) is 19.9 Å². The van der Waals surface area contributed by atoms with Gasteiger partial charge >= 0.3 is 0 Å². The molecular formula is C15H16N6O. The Morgan fingerprint density at radius 2 is 2.05 bits per heavy atom. The van der Waals surface area contributed by atoms with Gasteiger partial charge in [-0.3, -0.25) is 4.57 Å². The van der Waals surface area contributed by atoms with Crippen molar-refractivity contribution < 1.29 is 4.74 Å². The Hall–Kier alpha value is -2.96. The highest BCUT2D eigenvalue weighted by atomic mass is 16.5. The van der Waals surface area contributed by atoms with E-state index in [1.54, 1.807) is 19.5 Å². The fraction of sp³-hybridized carbons (Fsp3) is 0.200. The van der Waals surface area contributed by atoms with Crippen LogP contribution in [0.5, 0.6) is 5.88 Å². The van der Waals surface area contributed by atoms with Crippen LogP contribution in [-0.2, 0) is 6.54 Å². The first-order valence-corrected chi connectivity index (χ1v) is 6.81. The lowest BCUT2D eigenvalue weighted by Gasteiger charge is -2.09. The monoisotopic (exact) mass is 296 g/mol. The summed E-state index contributed by atoms with van der Waals surface area (Å²) in [5, 5.41) is 3.27. The van der Waals surface area contributed by atoms with Crippen LogP contribution in [0.25, 0.3) is 5.82 Å². The van der Waals surface area contributed by atoms with E-state index in [0.717, 1.165) is 23.0 Å². The number of pyridine rings is 1. The van der Waals surface area contributed by atoms with Crippen LogP contribution in [0.15, 0.2) is 43.1 Å². The van der Waals surface area contributed by atoms with Crippen molar-refractivity contribution in [3.05, 3.63) is 54.5 Å². The molecule has 0 saturated heterocycles. The van der Waals surface area contributed by atoms with E-state index in [9.17, 15) is 0 Å². The second-order valence-corrected chi connectivity index (χ2v) is 4.67. The molecule has 0 aliphatic rings. The lowest BCUT2D eigenvalue weighted by molar-refractivity contribution is 0.397. The molecular weight excluding hydrogens is 280 g/mol. The topological polar surface area (TPSA) is 77.8 Å². The largest absolute Gasteiger partial charge is 0.481 e. The number of hydrogen-bond donors (Lipinski definition) is 1. The number of aryl methyl sites for hydroxylation is 1. The third kappa shape index (κ3) is 3.03. The molecule has 0 amide bonds. The summed E-state index contributed by atoms with van der Waals surface area (Å²) in [7, 11) is 1.60. The molecule has 0 fully saturated rings. The Morgan fingerprint density at radius 3 is 2.82 bits per heavy atom. The SMILES string of the molecule is COc1cc(CNc2cc(-n3ccnc3C)ncn2)ccn1. The number of hydrogen-bond acceptors (Lipinski definition) is 6. The van der Waals surface area contributed by atoms with E-state index in [-0.39, 0.29) is 0 Å². The van der Waals surface area contributed by atoms with Crippen LogP contribution >= 0.6 is 0 Å². The van der Waals surface area contributed by atoms with Gasteiger partial charge in [0.2, 0.25) is 5.88 Å². The lowest BCUT2D eigenvalue weighted by Crippen LogP contribution is -2.05. The number of methoxy groups -OCH3 is 1. The molecule has 3 aromatic rings. The smallest absolute Gasteiger partial charge is 0.213 e. The second kappa shape index (κ2) is 6.21. The van der Waals surface area contributed by atoms with Crippen LogP contribution in [0.2, 0.25) is 0 Å². The number of nitrogens with zero attached hydrogens (tertiary/aromatic N) is 5. The molecule has 0 radical (unpaired) electrons. The van der Waals surface area contributed by atoms with E-state index in [1.807, 2.05) is 35.9 Å². The van der Waals surface area contributed by atoms with E-state index >= 15 is 0 Å². The van der Waals surface area contributed by atoms with Crippen LogP contribution in [0.1, 0.15) is 11.4 Å². The van der Waals surface area contributed by atoms with E-state index in [0.29, 0.717) is 12.4 Å². The molecule has 1 N–H and O–H groups in total. The molecule has 0 aliphatic carbocycles. The average Bonchev–Trinajstić information content (AvgIpc) is 2.99. The summed E-state index contributed by atoms with van der Waals surface area (Å²) in [5.74, 6) is 2.99. The van der Waals surface area contributed by atoms with Gasteiger partial charge in [0.15, 0.2) is 0 Å². The standard InChI is InChI=1S/C15H16N6O/c1-11-16-5-6-21(11)14-8-13(19-10-20-14)18-9-12-3-4-17-15(7-12)22-2/h3-8,10H,9H2,1-2H3,(H,18,19,20). The predicted octanol–water partition coefficient (Wildman–Crippen LogP) is 1.99. The third-order valence-corrected chi connectivity index (χ3v) is 3.21. The van der Waals surface area contributed by atoms with Gasteiger partial charge in [0.05, 0.1) is 7.11 Å². The van der Waals surface area contributed by atoms with Gasteiger partial charge in [0.1, 0.15) is 23.8 Å². The highest BCUT2D eigenvalue weighted by molar-refractivity contribution is 5.41. The molecule has 0 bridgehead atoms. The number of aromatic nitrogens is 5. The number of ether oxygens (including phenoxy) is 1. The number of anilines is 1. The van der Waals surface area contributed by atoms with Crippen LogP contribution in [-0.4, -0.2) is 31.6 Å². The number of rotatable bonds is 5. The molecule has 112 valence electrons. The van der Waals surface area contributed by atoms with Crippen molar-refractivity contribution >= 4 is 5.82 Å². The van der Waals surface area contributed by atoms with Gasteiger partial charge in [-0.2, -0.15) is 0 Å². The van der Waals surface area contributed by atoms with Gasteiger partial charge in [-0.05, 0) is 18.6 Å². The zero-order chi connectivity index (χ0) is 15.4. The van der Waals surface area contributed by atoms with Crippen LogP contribution < -0.4 is 10.1 Å². The highest BCUT2D eigenvalue weighted by Crippen LogP contribution is 2.13. The Labute approximate surface area is 128 Å². The zero-order valence-corrected chi connectivity index (χ0v) is 12.4. The fourth-order valence-corrected chi connectivity index (χ4v) is 2.06. The van der Waals surface area contributed by atoms with Gasteiger partial charge in [-0.15, -0.1) is 0 Å². The maximum atomic E-state index is 5.11. The van der Waals surface area contributed by atoms with Crippen molar-refractivity contribution in [2.75, 3.05) is 12.4 Å².